The summed E-state index contributed by atoms with van der Waals surface area (Å²) in [5, 5.41) is 16.1. The molecule has 162 valence electrons. The number of halogens is 1. The highest BCUT2D eigenvalue weighted by atomic mass is 32.2. The number of benzene rings is 3. The van der Waals surface area contributed by atoms with Crippen LogP contribution in [0.4, 0.5) is 15.8 Å². The zero-order valence-corrected chi connectivity index (χ0v) is 18.0. The van der Waals surface area contributed by atoms with Gasteiger partial charge in [0, 0.05) is 18.1 Å². The second kappa shape index (κ2) is 9.61. The number of fused-ring (bicyclic) bond motifs is 1. The second-order valence-corrected chi connectivity index (χ2v) is 7.97. The molecular formula is C23H20FN5O2S. The molecule has 2 amide bonds. The van der Waals surface area contributed by atoms with E-state index in [-0.39, 0.29) is 23.8 Å². The third kappa shape index (κ3) is 4.94. The first-order valence-corrected chi connectivity index (χ1v) is 10.8. The lowest BCUT2D eigenvalue weighted by atomic mass is 10.1. The van der Waals surface area contributed by atoms with Crippen molar-refractivity contribution in [3.05, 3.63) is 78.4 Å². The summed E-state index contributed by atoms with van der Waals surface area (Å²) in [5.41, 5.74) is 0.858. The molecule has 4 rings (SSSR count). The number of rotatable bonds is 7. The highest BCUT2D eigenvalue weighted by Gasteiger charge is 2.16. The minimum Gasteiger partial charge on any atom is -0.325 e. The molecule has 0 saturated heterocycles. The molecule has 0 saturated carbocycles. The second-order valence-electron chi connectivity index (χ2n) is 7.03. The Morgan fingerprint density at radius 2 is 1.59 bits per heavy atom. The van der Waals surface area contributed by atoms with E-state index in [2.05, 4.69) is 20.8 Å². The van der Waals surface area contributed by atoms with E-state index in [9.17, 15) is 14.0 Å². The highest BCUT2D eigenvalue weighted by Crippen LogP contribution is 2.24. The molecule has 0 fully saturated rings. The fourth-order valence-electron chi connectivity index (χ4n) is 3.18. The van der Waals surface area contributed by atoms with Gasteiger partial charge in [0.1, 0.15) is 11.6 Å². The zero-order valence-electron chi connectivity index (χ0n) is 17.2. The summed E-state index contributed by atoms with van der Waals surface area (Å²) in [6.07, 6.45) is -0.0689. The van der Waals surface area contributed by atoms with Gasteiger partial charge in [0.05, 0.1) is 17.9 Å². The standard InChI is InChI=1S/C23H20FN5O2S/c1-29-20(13-21(30)26-19-11-5-4-10-17(19)24)27-28-23(29)32-14-22(31)25-18-12-6-8-15-7-2-3-9-16(15)18/h2-12H,13-14H2,1H3,(H,25,31)(H,26,30). The average molecular weight is 450 g/mol. The number of para-hydroxylation sites is 1. The monoisotopic (exact) mass is 449 g/mol. The van der Waals surface area contributed by atoms with Crippen LogP contribution in [0.15, 0.2) is 71.9 Å². The first kappa shape index (κ1) is 21.5. The Bertz CT molecular complexity index is 1290. The number of nitrogens with zero attached hydrogens (tertiary/aromatic N) is 3. The molecule has 0 unspecified atom stereocenters. The number of anilines is 2. The number of hydrogen-bond donors (Lipinski definition) is 2. The molecule has 9 heteroatoms. The number of amides is 2. The van der Waals surface area contributed by atoms with Crippen molar-refractivity contribution in [3.8, 4) is 0 Å². The summed E-state index contributed by atoms with van der Waals surface area (Å²) in [7, 11) is 1.72. The van der Waals surface area contributed by atoms with Gasteiger partial charge < -0.3 is 15.2 Å². The van der Waals surface area contributed by atoms with E-state index < -0.39 is 11.7 Å². The fraction of sp³-hybridized carbons (Fsp3) is 0.130. The summed E-state index contributed by atoms with van der Waals surface area (Å²) < 4.78 is 15.4. The molecule has 1 aromatic heterocycles. The van der Waals surface area contributed by atoms with Crippen LogP contribution in [0.5, 0.6) is 0 Å². The van der Waals surface area contributed by atoms with Crippen LogP contribution < -0.4 is 10.6 Å². The van der Waals surface area contributed by atoms with Gasteiger partial charge in [0.25, 0.3) is 0 Å². The lowest BCUT2D eigenvalue weighted by molar-refractivity contribution is -0.116. The Kier molecular flexibility index (Phi) is 6.46. The predicted octanol–water partition coefficient (Wildman–Crippen LogP) is 4.02. The molecule has 7 nitrogen and oxygen atoms in total. The Morgan fingerprint density at radius 3 is 2.44 bits per heavy atom. The SMILES string of the molecule is Cn1c(CC(=O)Nc2ccccc2F)nnc1SCC(=O)Nc1cccc2ccccc12. The van der Waals surface area contributed by atoms with Gasteiger partial charge >= 0.3 is 0 Å². The molecule has 0 spiro atoms. The maximum absolute atomic E-state index is 13.7. The van der Waals surface area contributed by atoms with Crippen molar-refractivity contribution in [1.29, 1.82) is 0 Å². The van der Waals surface area contributed by atoms with Gasteiger partial charge in [-0.25, -0.2) is 4.39 Å². The molecule has 0 radical (unpaired) electrons. The molecule has 3 aromatic carbocycles. The maximum atomic E-state index is 13.7. The van der Waals surface area contributed by atoms with Gasteiger partial charge in [-0.05, 0) is 23.6 Å². The number of aromatic nitrogens is 3. The van der Waals surface area contributed by atoms with Crippen LogP contribution in [-0.2, 0) is 23.1 Å². The molecular weight excluding hydrogens is 429 g/mol. The van der Waals surface area contributed by atoms with E-state index in [4.69, 9.17) is 0 Å². The van der Waals surface area contributed by atoms with Gasteiger partial charge in [-0.1, -0.05) is 60.3 Å². The van der Waals surface area contributed by atoms with Gasteiger partial charge in [-0.15, -0.1) is 10.2 Å². The van der Waals surface area contributed by atoms with Crippen molar-refractivity contribution in [2.75, 3.05) is 16.4 Å². The molecule has 0 aliphatic carbocycles. The fourth-order valence-corrected chi connectivity index (χ4v) is 3.91. The maximum Gasteiger partial charge on any atom is 0.234 e. The van der Waals surface area contributed by atoms with Crippen LogP contribution in [0, 0.1) is 5.82 Å². The van der Waals surface area contributed by atoms with E-state index in [1.807, 2.05) is 42.5 Å². The molecule has 0 bridgehead atoms. The smallest absolute Gasteiger partial charge is 0.234 e. The van der Waals surface area contributed by atoms with Crippen molar-refractivity contribution in [3.63, 3.8) is 0 Å². The number of hydrogen-bond acceptors (Lipinski definition) is 5. The van der Waals surface area contributed by atoms with E-state index >= 15 is 0 Å². The van der Waals surface area contributed by atoms with Gasteiger partial charge in [-0.3, -0.25) is 9.59 Å². The number of nitrogens with one attached hydrogen (secondary N) is 2. The molecule has 0 aliphatic heterocycles. The lowest BCUT2D eigenvalue weighted by Crippen LogP contribution is -2.18. The minimum atomic E-state index is -0.507. The molecule has 1 heterocycles. The molecule has 2 N–H and O–H groups in total. The summed E-state index contributed by atoms with van der Waals surface area (Å²) in [6.45, 7) is 0. The third-order valence-electron chi connectivity index (χ3n) is 4.79. The van der Waals surface area contributed by atoms with Crippen LogP contribution in [0.25, 0.3) is 10.8 Å². The number of thioether (sulfide) groups is 1. The topological polar surface area (TPSA) is 88.9 Å². The van der Waals surface area contributed by atoms with E-state index in [1.54, 1.807) is 23.7 Å². The molecule has 0 aliphatic rings. The van der Waals surface area contributed by atoms with Crippen molar-refractivity contribution in [1.82, 2.24) is 14.8 Å². The summed E-state index contributed by atoms with van der Waals surface area (Å²) >= 11 is 1.22. The first-order valence-electron chi connectivity index (χ1n) is 9.84. The zero-order chi connectivity index (χ0) is 22.5. The summed E-state index contributed by atoms with van der Waals surface area (Å²) in [4.78, 5) is 24.7. The van der Waals surface area contributed by atoms with Crippen molar-refractivity contribution >= 4 is 45.7 Å². The van der Waals surface area contributed by atoms with Crippen LogP contribution >= 0.6 is 11.8 Å². The summed E-state index contributed by atoms with van der Waals surface area (Å²) in [6, 6.07) is 19.5. The molecule has 32 heavy (non-hydrogen) atoms. The van der Waals surface area contributed by atoms with Crippen molar-refractivity contribution in [2.45, 2.75) is 11.6 Å². The summed E-state index contributed by atoms with van der Waals surface area (Å²) in [5.74, 6) is -0.538. The quantitative estimate of drug-likeness (QED) is 0.416. The van der Waals surface area contributed by atoms with Crippen LogP contribution in [0.2, 0.25) is 0 Å². The lowest BCUT2D eigenvalue weighted by Gasteiger charge is -2.09. The van der Waals surface area contributed by atoms with Crippen LogP contribution in [0.1, 0.15) is 5.82 Å². The van der Waals surface area contributed by atoms with Crippen LogP contribution in [0.3, 0.4) is 0 Å². The Hall–Kier alpha value is -3.72. The van der Waals surface area contributed by atoms with Crippen molar-refractivity contribution < 1.29 is 14.0 Å². The Balaban J connectivity index is 1.35. The van der Waals surface area contributed by atoms with Crippen molar-refractivity contribution in [2.24, 2.45) is 7.05 Å². The number of carbonyl (C=O) groups excluding carboxylic acids is 2. The number of carbonyl (C=O) groups is 2. The van der Waals surface area contributed by atoms with Gasteiger partial charge in [-0.2, -0.15) is 0 Å². The van der Waals surface area contributed by atoms with Crippen LogP contribution in [-0.4, -0.2) is 32.3 Å². The predicted molar refractivity (Wildman–Crippen MR) is 123 cm³/mol. The largest absolute Gasteiger partial charge is 0.325 e. The third-order valence-corrected chi connectivity index (χ3v) is 5.81. The highest BCUT2D eigenvalue weighted by molar-refractivity contribution is 7.99. The van der Waals surface area contributed by atoms with E-state index in [0.717, 1.165) is 16.5 Å². The van der Waals surface area contributed by atoms with Gasteiger partial charge in [0.15, 0.2) is 5.16 Å². The normalized spacial score (nSPS) is 10.8. The van der Waals surface area contributed by atoms with E-state index in [0.29, 0.717) is 11.0 Å². The minimum absolute atomic E-state index is 0.0689. The average Bonchev–Trinajstić information content (AvgIpc) is 3.13. The Labute approximate surface area is 188 Å². The van der Waals surface area contributed by atoms with Gasteiger partial charge in [0.2, 0.25) is 11.8 Å². The molecule has 0 atom stereocenters. The first-order chi connectivity index (χ1) is 15.5. The van der Waals surface area contributed by atoms with E-state index in [1.165, 1.54) is 23.9 Å². The molecule has 4 aromatic rings. The Morgan fingerprint density at radius 1 is 0.906 bits per heavy atom.